The molecule has 2 rings (SSSR count). The van der Waals surface area contributed by atoms with Crippen LogP contribution < -0.4 is 5.32 Å². The van der Waals surface area contributed by atoms with E-state index in [1.165, 1.54) is 0 Å². The van der Waals surface area contributed by atoms with Crippen molar-refractivity contribution in [3.05, 3.63) is 0 Å². The molecule has 1 aliphatic carbocycles. The molecule has 0 aromatic rings. The van der Waals surface area contributed by atoms with E-state index in [-0.39, 0.29) is 24.2 Å². The molecule has 2 N–H and O–H groups in total. The average Bonchev–Trinajstić information content (AvgIpc) is 2.92. The van der Waals surface area contributed by atoms with Crippen molar-refractivity contribution in [3.63, 3.8) is 0 Å². The molecular formula is C18H30N2O4. The zero-order valence-electron chi connectivity index (χ0n) is 15.1. The number of carboxylic acid groups (broad SMARTS) is 1. The van der Waals surface area contributed by atoms with Crippen molar-refractivity contribution in [2.24, 2.45) is 11.3 Å². The lowest BCUT2D eigenvalue weighted by atomic mass is 9.88. The summed E-state index contributed by atoms with van der Waals surface area (Å²) in [7, 11) is 0. The van der Waals surface area contributed by atoms with Gasteiger partial charge in [-0.3, -0.25) is 14.4 Å². The highest BCUT2D eigenvalue weighted by atomic mass is 16.4. The van der Waals surface area contributed by atoms with Crippen LogP contribution in [0.4, 0.5) is 0 Å². The summed E-state index contributed by atoms with van der Waals surface area (Å²) in [6.07, 6.45) is 4.90. The van der Waals surface area contributed by atoms with Gasteiger partial charge in [-0.05, 0) is 25.7 Å². The Balaban J connectivity index is 2.01. The molecule has 1 heterocycles. The molecule has 0 aromatic carbocycles. The molecule has 24 heavy (non-hydrogen) atoms. The molecule has 0 radical (unpaired) electrons. The van der Waals surface area contributed by atoms with Crippen LogP contribution in [0.3, 0.4) is 0 Å². The number of amides is 2. The lowest BCUT2D eigenvalue weighted by Crippen LogP contribution is -2.54. The molecule has 2 aliphatic rings. The van der Waals surface area contributed by atoms with Crippen LogP contribution in [0.1, 0.15) is 65.7 Å². The molecular weight excluding hydrogens is 308 g/mol. The maximum Gasteiger partial charge on any atom is 0.305 e. The highest BCUT2D eigenvalue weighted by Gasteiger charge is 2.40. The second-order valence-corrected chi connectivity index (χ2v) is 8.39. The summed E-state index contributed by atoms with van der Waals surface area (Å²) in [6.45, 7) is 6.80. The number of nitrogens with one attached hydrogen (secondary N) is 1. The van der Waals surface area contributed by atoms with Crippen molar-refractivity contribution >= 4 is 17.8 Å². The fraction of sp³-hybridized carbons (Fsp3) is 0.833. The van der Waals surface area contributed by atoms with Crippen molar-refractivity contribution in [1.82, 2.24) is 10.2 Å². The number of hydrogen-bond donors (Lipinski definition) is 2. The first-order valence-corrected chi connectivity index (χ1v) is 8.96. The Kier molecular flexibility index (Phi) is 5.56. The van der Waals surface area contributed by atoms with E-state index >= 15 is 0 Å². The van der Waals surface area contributed by atoms with E-state index in [9.17, 15) is 14.4 Å². The maximum atomic E-state index is 12.7. The summed E-state index contributed by atoms with van der Waals surface area (Å²) < 4.78 is 0. The number of carbonyl (C=O) groups excluding carboxylic acids is 2. The van der Waals surface area contributed by atoms with Crippen molar-refractivity contribution in [3.8, 4) is 0 Å². The van der Waals surface area contributed by atoms with Crippen molar-refractivity contribution in [2.45, 2.75) is 71.3 Å². The Labute approximate surface area is 144 Å². The van der Waals surface area contributed by atoms with Gasteiger partial charge in [0.1, 0.15) is 0 Å². The highest BCUT2D eigenvalue weighted by Crippen LogP contribution is 2.33. The third-order valence-corrected chi connectivity index (χ3v) is 5.16. The third-order valence-electron chi connectivity index (χ3n) is 5.16. The van der Waals surface area contributed by atoms with Gasteiger partial charge in [-0.1, -0.05) is 33.6 Å². The zero-order valence-corrected chi connectivity index (χ0v) is 15.1. The lowest BCUT2D eigenvalue weighted by molar-refractivity contribution is -0.143. The first-order chi connectivity index (χ1) is 11.1. The fourth-order valence-corrected chi connectivity index (χ4v) is 3.90. The number of rotatable bonds is 4. The SMILES string of the molecule is CC(C)(C)C(=O)N1CCCC(C(=O)NC2(CC(=O)O)CCCC2)C1. The van der Waals surface area contributed by atoms with Crippen LogP contribution in [0.2, 0.25) is 0 Å². The van der Waals surface area contributed by atoms with Gasteiger partial charge in [0.25, 0.3) is 0 Å². The molecule has 2 amide bonds. The number of aliphatic carboxylic acids is 1. The maximum absolute atomic E-state index is 12.7. The number of nitrogens with zero attached hydrogens (tertiary/aromatic N) is 1. The van der Waals surface area contributed by atoms with Gasteiger partial charge in [0, 0.05) is 18.5 Å². The smallest absolute Gasteiger partial charge is 0.305 e. The molecule has 1 aliphatic heterocycles. The van der Waals surface area contributed by atoms with E-state index in [0.29, 0.717) is 13.1 Å². The normalized spacial score (nSPS) is 23.8. The predicted octanol–water partition coefficient (Wildman–Crippen LogP) is 2.17. The molecule has 2 fully saturated rings. The number of carbonyl (C=O) groups is 3. The van der Waals surface area contributed by atoms with Crippen LogP contribution in [0.25, 0.3) is 0 Å². The molecule has 0 spiro atoms. The Bertz CT molecular complexity index is 504. The van der Waals surface area contributed by atoms with Gasteiger partial charge >= 0.3 is 5.97 Å². The van der Waals surface area contributed by atoms with Crippen molar-refractivity contribution < 1.29 is 19.5 Å². The summed E-state index contributed by atoms with van der Waals surface area (Å²) >= 11 is 0. The van der Waals surface area contributed by atoms with Crippen LogP contribution >= 0.6 is 0 Å². The van der Waals surface area contributed by atoms with Gasteiger partial charge in [-0.2, -0.15) is 0 Å². The first kappa shape index (κ1) is 18.7. The summed E-state index contributed by atoms with van der Waals surface area (Å²) in [5.41, 5.74) is -1.05. The molecule has 1 saturated carbocycles. The van der Waals surface area contributed by atoms with E-state index < -0.39 is 16.9 Å². The second kappa shape index (κ2) is 7.11. The minimum Gasteiger partial charge on any atom is -0.481 e. The zero-order chi connectivity index (χ0) is 18.0. The predicted molar refractivity (Wildman–Crippen MR) is 90.4 cm³/mol. The minimum atomic E-state index is -0.870. The van der Waals surface area contributed by atoms with E-state index in [4.69, 9.17) is 5.11 Å². The van der Waals surface area contributed by atoms with Crippen LogP contribution in [0.5, 0.6) is 0 Å². The number of hydrogen-bond acceptors (Lipinski definition) is 3. The quantitative estimate of drug-likeness (QED) is 0.822. The summed E-state index contributed by atoms with van der Waals surface area (Å²) in [6, 6.07) is 0. The van der Waals surface area contributed by atoms with Gasteiger partial charge in [0.05, 0.1) is 17.9 Å². The van der Waals surface area contributed by atoms with Gasteiger partial charge in [-0.25, -0.2) is 0 Å². The summed E-state index contributed by atoms with van der Waals surface area (Å²) in [5.74, 6) is -1.13. The van der Waals surface area contributed by atoms with Crippen LogP contribution in [0, 0.1) is 11.3 Å². The molecule has 1 unspecified atom stereocenters. The Morgan fingerprint density at radius 2 is 1.79 bits per heavy atom. The Morgan fingerprint density at radius 1 is 1.17 bits per heavy atom. The Hall–Kier alpha value is -1.59. The molecule has 6 nitrogen and oxygen atoms in total. The number of likely N-dealkylation sites (tertiary alicyclic amines) is 1. The van der Waals surface area contributed by atoms with Crippen LogP contribution in [-0.2, 0) is 14.4 Å². The average molecular weight is 338 g/mol. The number of piperidine rings is 1. The minimum absolute atomic E-state index is 0.0178. The Morgan fingerprint density at radius 3 is 2.33 bits per heavy atom. The second-order valence-electron chi connectivity index (χ2n) is 8.39. The lowest BCUT2D eigenvalue weighted by Gasteiger charge is -2.37. The van der Waals surface area contributed by atoms with Crippen LogP contribution in [-0.4, -0.2) is 46.4 Å². The van der Waals surface area contributed by atoms with E-state index in [1.807, 2.05) is 20.8 Å². The van der Waals surface area contributed by atoms with E-state index in [0.717, 1.165) is 38.5 Å². The third kappa shape index (κ3) is 4.48. The molecule has 0 bridgehead atoms. The van der Waals surface area contributed by atoms with Gasteiger partial charge in [-0.15, -0.1) is 0 Å². The fourth-order valence-electron chi connectivity index (χ4n) is 3.90. The van der Waals surface area contributed by atoms with E-state index in [2.05, 4.69) is 5.32 Å². The molecule has 0 aromatic heterocycles. The summed E-state index contributed by atoms with van der Waals surface area (Å²) in [4.78, 5) is 38.1. The standard InChI is InChI=1S/C18H30N2O4/c1-17(2,3)16(24)20-10-6-7-13(12-20)15(23)19-18(11-14(21)22)8-4-5-9-18/h13H,4-12H2,1-3H3,(H,19,23)(H,21,22). The van der Waals surface area contributed by atoms with Gasteiger partial charge in [0.2, 0.25) is 11.8 Å². The largest absolute Gasteiger partial charge is 0.481 e. The summed E-state index contributed by atoms with van der Waals surface area (Å²) in [5, 5.41) is 12.2. The molecule has 6 heteroatoms. The van der Waals surface area contributed by atoms with Crippen molar-refractivity contribution in [1.29, 1.82) is 0 Å². The molecule has 136 valence electrons. The van der Waals surface area contributed by atoms with Gasteiger partial charge < -0.3 is 15.3 Å². The van der Waals surface area contributed by atoms with Crippen molar-refractivity contribution in [2.75, 3.05) is 13.1 Å². The van der Waals surface area contributed by atoms with Crippen LogP contribution in [0.15, 0.2) is 0 Å². The molecule has 1 saturated heterocycles. The first-order valence-electron chi connectivity index (χ1n) is 8.96. The monoisotopic (exact) mass is 338 g/mol. The topological polar surface area (TPSA) is 86.7 Å². The number of carboxylic acids is 1. The van der Waals surface area contributed by atoms with Gasteiger partial charge in [0.15, 0.2) is 0 Å². The molecule has 1 atom stereocenters. The highest BCUT2D eigenvalue weighted by molar-refractivity contribution is 5.84. The van der Waals surface area contributed by atoms with E-state index in [1.54, 1.807) is 4.90 Å².